The second-order valence-electron chi connectivity index (χ2n) is 4.76. The zero-order chi connectivity index (χ0) is 12.7. The van der Waals surface area contributed by atoms with Gasteiger partial charge in [0.15, 0.2) is 5.13 Å². The fourth-order valence-electron chi connectivity index (χ4n) is 2.74. The van der Waals surface area contributed by atoms with Crippen LogP contribution < -0.4 is 5.73 Å². The van der Waals surface area contributed by atoms with E-state index in [0.717, 1.165) is 6.42 Å². The lowest BCUT2D eigenvalue weighted by Gasteiger charge is -2.23. The molecular weight excluding hydrogens is 308 g/mol. The Hall–Kier alpha value is -0.870. The SMILES string of the molecule is Cc1c(Br)cccc1C1CCCc2nc(N)sc21. The first kappa shape index (κ1) is 12.2. The smallest absolute Gasteiger partial charge is 0.180 e. The molecule has 0 fully saturated rings. The van der Waals surface area contributed by atoms with Crippen molar-refractivity contribution in [3.63, 3.8) is 0 Å². The summed E-state index contributed by atoms with van der Waals surface area (Å²) in [6.07, 6.45) is 3.48. The molecule has 3 rings (SSSR count). The Labute approximate surface area is 119 Å². The Morgan fingerprint density at radius 3 is 3.11 bits per heavy atom. The highest BCUT2D eigenvalue weighted by molar-refractivity contribution is 9.10. The largest absolute Gasteiger partial charge is 0.375 e. The summed E-state index contributed by atoms with van der Waals surface area (Å²) in [5.41, 5.74) is 9.83. The van der Waals surface area contributed by atoms with Gasteiger partial charge in [-0.3, -0.25) is 0 Å². The fourth-order valence-corrected chi connectivity index (χ4v) is 4.15. The van der Waals surface area contributed by atoms with Crippen molar-refractivity contribution in [2.75, 3.05) is 5.73 Å². The van der Waals surface area contributed by atoms with Gasteiger partial charge in [-0.15, -0.1) is 11.3 Å². The molecule has 1 aromatic heterocycles. The van der Waals surface area contributed by atoms with Crippen LogP contribution in [0.15, 0.2) is 22.7 Å². The van der Waals surface area contributed by atoms with Gasteiger partial charge in [-0.05, 0) is 43.4 Å². The molecule has 0 spiro atoms. The maximum atomic E-state index is 5.86. The Bertz CT molecular complexity index is 591. The van der Waals surface area contributed by atoms with Crippen molar-refractivity contribution in [2.45, 2.75) is 32.1 Å². The standard InChI is InChI=1S/C14H15BrN2S/c1-8-9(4-2-6-11(8)15)10-5-3-7-12-13(10)18-14(16)17-12/h2,4,6,10H,3,5,7H2,1H3,(H2,16,17). The molecule has 0 amide bonds. The summed E-state index contributed by atoms with van der Waals surface area (Å²) in [5.74, 6) is 0.473. The molecule has 0 saturated carbocycles. The number of halogens is 1. The van der Waals surface area contributed by atoms with Crippen LogP contribution in [0.4, 0.5) is 5.13 Å². The second-order valence-corrected chi connectivity index (χ2v) is 6.68. The predicted molar refractivity (Wildman–Crippen MR) is 80.2 cm³/mol. The molecule has 1 aliphatic rings. The molecular formula is C14H15BrN2S. The third-order valence-electron chi connectivity index (χ3n) is 3.65. The van der Waals surface area contributed by atoms with E-state index in [9.17, 15) is 0 Å². The van der Waals surface area contributed by atoms with Crippen molar-refractivity contribution < 1.29 is 0 Å². The number of nitrogen functional groups attached to an aromatic ring is 1. The fraction of sp³-hybridized carbons (Fsp3) is 0.357. The maximum absolute atomic E-state index is 5.86. The van der Waals surface area contributed by atoms with Crippen LogP contribution in [0.3, 0.4) is 0 Å². The van der Waals surface area contributed by atoms with Gasteiger partial charge in [0.25, 0.3) is 0 Å². The minimum Gasteiger partial charge on any atom is -0.375 e. The van der Waals surface area contributed by atoms with Crippen LogP contribution in [-0.4, -0.2) is 4.98 Å². The Morgan fingerprint density at radius 2 is 2.28 bits per heavy atom. The predicted octanol–water partition coefficient (Wildman–Crippen LogP) is 4.26. The van der Waals surface area contributed by atoms with Crippen molar-refractivity contribution >= 4 is 32.4 Å². The second kappa shape index (κ2) is 4.67. The summed E-state index contributed by atoms with van der Waals surface area (Å²) >= 11 is 5.28. The first-order valence-corrected chi connectivity index (χ1v) is 7.78. The highest BCUT2D eigenvalue weighted by Gasteiger charge is 2.26. The highest BCUT2D eigenvalue weighted by atomic mass is 79.9. The van der Waals surface area contributed by atoms with E-state index in [2.05, 4.69) is 46.0 Å². The lowest BCUT2D eigenvalue weighted by atomic mass is 9.84. The van der Waals surface area contributed by atoms with Crippen LogP contribution in [0.1, 0.15) is 40.5 Å². The molecule has 1 aromatic carbocycles. The minimum absolute atomic E-state index is 0.473. The van der Waals surface area contributed by atoms with Crippen LogP contribution >= 0.6 is 27.3 Å². The monoisotopic (exact) mass is 322 g/mol. The molecule has 0 saturated heterocycles. The van der Waals surface area contributed by atoms with Crippen LogP contribution in [0.25, 0.3) is 0 Å². The van der Waals surface area contributed by atoms with Gasteiger partial charge in [-0.2, -0.15) is 0 Å². The average molecular weight is 323 g/mol. The van der Waals surface area contributed by atoms with Gasteiger partial charge in [0.2, 0.25) is 0 Å². The number of benzene rings is 1. The third kappa shape index (κ3) is 1.97. The van der Waals surface area contributed by atoms with Crippen LogP contribution in [0, 0.1) is 6.92 Å². The van der Waals surface area contributed by atoms with Crippen LogP contribution in [0.5, 0.6) is 0 Å². The number of nitrogens with two attached hydrogens (primary N) is 1. The van der Waals surface area contributed by atoms with E-state index in [4.69, 9.17) is 5.73 Å². The minimum atomic E-state index is 0.473. The molecule has 2 nitrogen and oxygen atoms in total. The van der Waals surface area contributed by atoms with Crippen molar-refractivity contribution in [1.82, 2.24) is 4.98 Å². The molecule has 0 bridgehead atoms. The molecule has 0 aliphatic heterocycles. The van der Waals surface area contributed by atoms with Crippen LogP contribution in [-0.2, 0) is 6.42 Å². The summed E-state index contributed by atoms with van der Waals surface area (Å²) in [6, 6.07) is 6.45. The summed E-state index contributed by atoms with van der Waals surface area (Å²) < 4.78 is 1.18. The van der Waals surface area contributed by atoms with Gasteiger partial charge in [0.1, 0.15) is 0 Å². The molecule has 2 aromatic rings. The Morgan fingerprint density at radius 1 is 1.44 bits per heavy atom. The van der Waals surface area contributed by atoms with E-state index in [-0.39, 0.29) is 0 Å². The molecule has 0 radical (unpaired) electrons. The quantitative estimate of drug-likeness (QED) is 0.851. The first-order valence-electron chi connectivity index (χ1n) is 6.17. The van der Waals surface area contributed by atoms with Crippen molar-refractivity contribution in [1.29, 1.82) is 0 Å². The number of hydrogen-bond acceptors (Lipinski definition) is 3. The van der Waals surface area contributed by atoms with Gasteiger partial charge in [0, 0.05) is 15.3 Å². The van der Waals surface area contributed by atoms with Gasteiger partial charge < -0.3 is 5.73 Å². The number of thiazole rings is 1. The van der Waals surface area contributed by atoms with Gasteiger partial charge in [-0.1, -0.05) is 28.1 Å². The number of anilines is 1. The summed E-state index contributed by atoms with van der Waals surface area (Å²) in [4.78, 5) is 5.84. The van der Waals surface area contributed by atoms with E-state index in [1.54, 1.807) is 11.3 Å². The summed E-state index contributed by atoms with van der Waals surface area (Å²) in [5, 5.41) is 0.708. The lowest BCUT2D eigenvalue weighted by molar-refractivity contribution is 0.615. The zero-order valence-corrected chi connectivity index (χ0v) is 12.6. The highest BCUT2D eigenvalue weighted by Crippen LogP contribution is 2.42. The summed E-state index contributed by atoms with van der Waals surface area (Å²) in [6.45, 7) is 2.18. The molecule has 1 unspecified atom stereocenters. The van der Waals surface area contributed by atoms with Gasteiger partial charge in [-0.25, -0.2) is 4.98 Å². The molecule has 2 N–H and O–H groups in total. The van der Waals surface area contributed by atoms with Gasteiger partial charge in [0.05, 0.1) is 5.69 Å². The molecule has 1 heterocycles. The number of hydrogen-bond donors (Lipinski definition) is 1. The molecule has 4 heteroatoms. The molecule has 18 heavy (non-hydrogen) atoms. The summed E-state index contributed by atoms with van der Waals surface area (Å²) in [7, 11) is 0. The van der Waals surface area contributed by atoms with Gasteiger partial charge >= 0.3 is 0 Å². The number of aryl methyl sites for hydroxylation is 1. The van der Waals surface area contributed by atoms with E-state index in [1.807, 2.05) is 0 Å². The van der Waals surface area contributed by atoms with Crippen LogP contribution in [0.2, 0.25) is 0 Å². The van der Waals surface area contributed by atoms with Crippen molar-refractivity contribution in [3.8, 4) is 0 Å². The van der Waals surface area contributed by atoms with Crippen molar-refractivity contribution in [3.05, 3.63) is 44.4 Å². The number of aromatic nitrogens is 1. The van der Waals surface area contributed by atoms with Crippen molar-refractivity contribution in [2.24, 2.45) is 0 Å². The zero-order valence-electron chi connectivity index (χ0n) is 10.2. The average Bonchev–Trinajstić information content (AvgIpc) is 2.73. The third-order valence-corrected chi connectivity index (χ3v) is 5.55. The maximum Gasteiger partial charge on any atom is 0.180 e. The Balaban J connectivity index is 2.11. The number of rotatable bonds is 1. The molecule has 1 atom stereocenters. The molecule has 1 aliphatic carbocycles. The lowest BCUT2D eigenvalue weighted by Crippen LogP contribution is -2.10. The Kier molecular flexibility index (Phi) is 3.16. The first-order chi connectivity index (χ1) is 8.66. The van der Waals surface area contributed by atoms with E-state index >= 15 is 0 Å². The normalized spacial score (nSPS) is 18.7. The van der Waals surface area contributed by atoms with E-state index in [0.29, 0.717) is 11.0 Å². The van der Waals surface area contributed by atoms with E-state index in [1.165, 1.54) is 39.0 Å². The topological polar surface area (TPSA) is 38.9 Å². The van der Waals surface area contributed by atoms with E-state index < -0.39 is 0 Å². The molecule has 94 valence electrons. The number of fused-ring (bicyclic) bond motifs is 1. The number of nitrogens with zero attached hydrogens (tertiary/aromatic N) is 1.